The zero-order valence-electron chi connectivity index (χ0n) is 15.8. The van der Waals surface area contributed by atoms with E-state index in [1.807, 2.05) is 24.3 Å². The first-order valence-corrected chi connectivity index (χ1v) is 10.1. The molecule has 148 valence electrons. The lowest BCUT2D eigenvalue weighted by Crippen LogP contribution is -2.35. The van der Waals surface area contributed by atoms with Crippen LogP contribution in [-0.2, 0) is 17.6 Å². The Kier molecular flexibility index (Phi) is 5.43. The van der Waals surface area contributed by atoms with Crippen molar-refractivity contribution in [3.8, 4) is 0 Å². The van der Waals surface area contributed by atoms with Crippen LogP contribution in [-0.4, -0.2) is 35.3 Å². The topological polar surface area (TPSA) is 62.3 Å². The van der Waals surface area contributed by atoms with E-state index in [-0.39, 0.29) is 18.4 Å². The fraction of sp³-hybridized carbons (Fsp3) is 0.227. The van der Waals surface area contributed by atoms with Crippen LogP contribution in [0.4, 0.5) is 5.69 Å². The van der Waals surface area contributed by atoms with E-state index in [1.54, 1.807) is 25.2 Å². The summed E-state index contributed by atoms with van der Waals surface area (Å²) in [7, 11) is 1.63. The summed E-state index contributed by atoms with van der Waals surface area (Å²) >= 11 is 11.9. The van der Waals surface area contributed by atoms with Gasteiger partial charge >= 0.3 is 0 Å². The summed E-state index contributed by atoms with van der Waals surface area (Å²) < 4.78 is 0. The minimum atomic E-state index is -0.311. The number of pyridine rings is 1. The Hall–Kier alpha value is -2.63. The number of likely N-dealkylation sites (N-methyl/N-ethyl adjacent to an activating group) is 1. The number of para-hydroxylation sites is 1. The minimum Gasteiger partial charge on any atom is -0.332 e. The van der Waals surface area contributed by atoms with Gasteiger partial charge in [0.2, 0.25) is 5.91 Å². The Labute approximate surface area is 178 Å². The summed E-state index contributed by atoms with van der Waals surface area (Å²) in [4.78, 5) is 31.9. The van der Waals surface area contributed by atoms with Crippen molar-refractivity contribution in [2.45, 2.75) is 19.3 Å². The largest absolute Gasteiger partial charge is 0.332 e. The molecule has 1 aliphatic rings. The summed E-state index contributed by atoms with van der Waals surface area (Å²) in [6, 6.07) is 12.5. The number of nitrogens with one attached hydrogen (secondary N) is 1. The molecule has 0 saturated heterocycles. The molecule has 3 aromatic rings. The second-order valence-corrected chi connectivity index (χ2v) is 7.94. The highest BCUT2D eigenvalue weighted by molar-refractivity contribution is 6.42. The number of amides is 2. The SMILES string of the molecule is CN(CC(=O)Nc1ccc(Cl)c(Cl)c1)C(=O)c1c2c(nc3ccccc13)CCC2. The van der Waals surface area contributed by atoms with Gasteiger partial charge in [-0.15, -0.1) is 0 Å². The predicted octanol–water partition coefficient (Wildman–Crippen LogP) is 4.74. The fourth-order valence-electron chi connectivity index (χ4n) is 3.71. The van der Waals surface area contributed by atoms with E-state index < -0.39 is 0 Å². The van der Waals surface area contributed by atoms with Crippen molar-refractivity contribution in [1.29, 1.82) is 0 Å². The predicted molar refractivity (Wildman–Crippen MR) is 116 cm³/mol. The van der Waals surface area contributed by atoms with Crippen molar-refractivity contribution in [2.75, 3.05) is 18.9 Å². The lowest BCUT2D eigenvalue weighted by atomic mass is 10.00. The van der Waals surface area contributed by atoms with Crippen LogP contribution < -0.4 is 5.32 Å². The molecule has 0 atom stereocenters. The van der Waals surface area contributed by atoms with E-state index in [0.717, 1.165) is 41.4 Å². The smallest absolute Gasteiger partial charge is 0.255 e. The maximum atomic E-state index is 13.3. The van der Waals surface area contributed by atoms with E-state index in [1.165, 1.54) is 4.90 Å². The number of carbonyl (C=O) groups is 2. The molecule has 0 spiro atoms. The summed E-state index contributed by atoms with van der Waals surface area (Å²) in [5.74, 6) is -0.486. The lowest BCUT2D eigenvalue weighted by Gasteiger charge is -2.20. The first-order valence-electron chi connectivity index (χ1n) is 9.35. The molecule has 29 heavy (non-hydrogen) atoms. The number of hydrogen-bond acceptors (Lipinski definition) is 3. The molecule has 5 nitrogen and oxygen atoms in total. The maximum absolute atomic E-state index is 13.3. The van der Waals surface area contributed by atoms with Gasteiger partial charge < -0.3 is 10.2 Å². The fourth-order valence-corrected chi connectivity index (χ4v) is 4.01. The number of halogens is 2. The van der Waals surface area contributed by atoms with Gasteiger partial charge in [0, 0.05) is 23.8 Å². The molecule has 2 amide bonds. The summed E-state index contributed by atoms with van der Waals surface area (Å²) in [6.07, 6.45) is 2.69. The second-order valence-electron chi connectivity index (χ2n) is 7.12. The van der Waals surface area contributed by atoms with Crippen molar-refractivity contribution < 1.29 is 9.59 Å². The third kappa shape index (κ3) is 3.93. The number of anilines is 1. The molecule has 0 radical (unpaired) electrons. The maximum Gasteiger partial charge on any atom is 0.255 e. The average Bonchev–Trinajstić information content (AvgIpc) is 3.16. The van der Waals surface area contributed by atoms with Crippen molar-refractivity contribution >= 4 is 51.6 Å². The first-order chi connectivity index (χ1) is 13.9. The van der Waals surface area contributed by atoms with Gasteiger partial charge in [-0.3, -0.25) is 14.6 Å². The number of nitrogens with zero attached hydrogens (tertiary/aromatic N) is 2. The Morgan fingerprint density at radius 2 is 1.90 bits per heavy atom. The molecule has 1 aromatic heterocycles. The van der Waals surface area contributed by atoms with Crippen molar-refractivity contribution in [1.82, 2.24) is 9.88 Å². The van der Waals surface area contributed by atoms with Crippen LogP contribution in [0.25, 0.3) is 10.9 Å². The van der Waals surface area contributed by atoms with Crippen molar-refractivity contribution in [3.05, 3.63) is 69.3 Å². The third-order valence-electron chi connectivity index (χ3n) is 5.06. The van der Waals surface area contributed by atoms with Crippen LogP contribution in [0.5, 0.6) is 0 Å². The monoisotopic (exact) mass is 427 g/mol. The Bertz CT molecular complexity index is 1130. The Balaban J connectivity index is 1.57. The van der Waals surface area contributed by atoms with Gasteiger partial charge in [-0.05, 0) is 49.1 Å². The molecular weight excluding hydrogens is 409 g/mol. The quantitative estimate of drug-likeness (QED) is 0.653. The van der Waals surface area contributed by atoms with Crippen LogP contribution in [0.15, 0.2) is 42.5 Å². The Morgan fingerprint density at radius 3 is 2.69 bits per heavy atom. The lowest BCUT2D eigenvalue weighted by molar-refractivity contribution is -0.116. The molecule has 0 unspecified atom stereocenters. The number of aryl methyl sites for hydroxylation is 1. The highest BCUT2D eigenvalue weighted by Crippen LogP contribution is 2.31. The number of aromatic nitrogens is 1. The molecule has 4 rings (SSSR count). The van der Waals surface area contributed by atoms with Gasteiger partial charge in [0.1, 0.15) is 0 Å². The van der Waals surface area contributed by atoms with E-state index in [9.17, 15) is 9.59 Å². The molecule has 7 heteroatoms. The summed E-state index contributed by atoms with van der Waals surface area (Å²) in [5, 5.41) is 4.34. The number of carbonyl (C=O) groups excluding carboxylic acids is 2. The first kappa shape index (κ1) is 19.7. The minimum absolute atomic E-state index is 0.0789. The highest BCUT2D eigenvalue weighted by atomic mass is 35.5. The van der Waals surface area contributed by atoms with E-state index in [4.69, 9.17) is 28.2 Å². The van der Waals surface area contributed by atoms with Crippen molar-refractivity contribution in [3.63, 3.8) is 0 Å². The summed E-state index contributed by atoms with van der Waals surface area (Å²) in [5.41, 5.74) is 3.99. The van der Waals surface area contributed by atoms with E-state index in [2.05, 4.69) is 5.32 Å². The molecule has 1 aliphatic carbocycles. The molecule has 1 N–H and O–H groups in total. The van der Waals surface area contributed by atoms with Crippen LogP contribution in [0.3, 0.4) is 0 Å². The third-order valence-corrected chi connectivity index (χ3v) is 5.80. The van der Waals surface area contributed by atoms with Gasteiger partial charge in [-0.25, -0.2) is 0 Å². The molecule has 0 saturated carbocycles. The van der Waals surface area contributed by atoms with Crippen LogP contribution >= 0.6 is 23.2 Å². The van der Waals surface area contributed by atoms with Crippen LogP contribution in [0.1, 0.15) is 28.0 Å². The molecular formula is C22H19Cl2N3O2. The van der Waals surface area contributed by atoms with Crippen LogP contribution in [0, 0.1) is 0 Å². The number of benzene rings is 2. The molecule has 2 aromatic carbocycles. The van der Waals surface area contributed by atoms with Gasteiger partial charge in [-0.1, -0.05) is 41.4 Å². The number of hydrogen-bond donors (Lipinski definition) is 1. The second kappa shape index (κ2) is 8.01. The van der Waals surface area contributed by atoms with Crippen molar-refractivity contribution in [2.24, 2.45) is 0 Å². The van der Waals surface area contributed by atoms with E-state index in [0.29, 0.717) is 21.3 Å². The van der Waals surface area contributed by atoms with Gasteiger partial charge in [-0.2, -0.15) is 0 Å². The van der Waals surface area contributed by atoms with E-state index >= 15 is 0 Å². The number of rotatable bonds is 4. The molecule has 0 fully saturated rings. The summed E-state index contributed by atoms with van der Waals surface area (Å²) in [6.45, 7) is -0.0789. The van der Waals surface area contributed by atoms with Gasteiger partial charge in [0.05, 0.1) is 27.7 Å². The molecule has 0 aliphatic heterocycles. The average molecular weight is 428 g/mol. The van der Waals surface area contributed by atoms with Crippen LogP contribution in [0.2, 0.25) is 10.0 Å². The molecule has 0 bridgehead atoms. The highest BCUT2D eigenvalue weighted by Gasteiger charge is 2.26. The van der Waals surface area contributed by atoms with Gasteiger partial charge in [0.15, 0.2) is 0 Å². The zero-order chi connectivity index (χ0) is 20.5. The zero-order valence-corrected chi connectivity index (χ0v) is 17.3. The van der Waals surface area contributed by atoms with Gasteiger partial charge in [0.25, 0.3) is 5.91 Å². The molecule has 1 heterocycles. The Morgan fingerprint density at radius 1 is 1.10 bits per heavy atom. The number of fused-ring (bicyclic) bond motifs is 2. The normalized spacial score (nSPS) is 12.7. The standard InChI is InChI=1S/C22H19Cl2N3O2/c1-27(12-20(28)25-13-9-10-16(23)17(24)11-13)22(29)21-14-5-2-3-7-18(14)26-19-8-4-6-15(19)21/h2-3,5,7,9-11H,4,6,8,12H2,1H3,(H,25,28).